The maximum Gasteiger partial charge on any atom is 0.137 e. The summed E-state index contributed by atoms with van der Waals surface area (Å²) in [4.78, 5) is 2.41. The molecule has 0 saturated carbocycles. The molecule has 3 nitrogen and oxygen atoms in total. The van der Waals surface area contributed by atoms with Crippen molar-refractivity contribution in [1.82, 2.24) is 4.57 Å². The number of anilines is 3. The van der Waals surface area contributed by atoms with Crippen molar-refractivity contribution in [2.45, 2.75) is 13.3 Å². The van der Waals surface area contributed by atoms with E-state index in [0.717, 1.165) is 51.1 Å². The number of aromatic nitrogens is 1. The van der Waals surface area contributed by atoms with Crippen molar-refractivity contribution in [1.29, 1.82) is 0 Å². The van der Waals surface area contributed by atoms with Crippen LogP contribution in [-0.4, -0.2) is 4.57 Å². The number of furan rings is 1. The lowest BCUT2D eigenvalue weighted by molar-refractivity contribution is 0.669. The second kappa shape index (κ2) is 12.1. The number of nitrogens with zero attached hydrogens (tertiary/aromatic N) is 2. The van der Waals surface area contributed by atoms with Crippen LogP contribution in [0.1, 0.15) is 18.9 Å². The van der Waals surface area contributed by atoms with Gasteiger partial charge in [-0.25, -0.2) is 0 Å². The Kier molecular flexibility index (Phi) is 6.90. The van der Waals surface area contributed by atoms with Crippen LogP contribution in [0.2, 0.25) is 0 Å². The van der Waals surface area contributed by atoms with Crippen molar-refractivity contribution in [3.05, 3.63) is 188 Å². The number of benzene rings is 8. The normalized spacial score (nSPS) is 14.5. The first-order valence-electron chi connectivity index (χ1n) is 18.8. The van der Waals surface area contributed by atoms with Gasteiger partial charge in [0.25, 0.3) is 0 Å². The quantitative estimate of drug-likeness (QED) is 0.179. The van der Waals surface area contributed by atoms with E-state index in [1.54, 1.807) is 0 Å². The van der Waals surface area contributed by atoms with Crippen LogP contribution < -0.4 is 4.90 Å². The highest BCUT2D eigenvalue weighted by Gasteiger charge is 2.22. The summed E-state index contributed by atoms with van der Waals surface area (Å²) < 4.78 is 9.03. The second-order valence-electron chi connectivity index (χ2n) is 14.6. The van der Waals surface area contributed by atoms with Crippen LogP contribution in [0.5, 0.6) is 0 Å². The minimum absolute atomic E-state index is 0.559. The Bertz CT molecular complexity index is 3160. The molecule has 0 spiro atoms. The van der Waals surface area contributed by atoms with E-state index in [-0.39, 0.29) is 0 Å². The van der Waals surface area contributed by atoms with Crippen LogP contribution in [0.4, 0.5) is 17.1 Å². The molecule has 0 bridgehead atoms. The molecular weight excluding hydrogens is 657 g/mol. The molecule has 0 aliphatic heterocycles. The van der Waals surface area contributed by atoms with Gasteiger partial charge in [-0.2, -0.15) is 0 Å². The second-order valence-corrected chi connectivity index (χ2v) is 14.6. The minimum Gasteiger partial charge on any atom is -0.456 e. The number of allylic oxidation sites excluding steroid dienone is 4. The van der Waals surface area contributed by atoms with E-state index >= 15 is 0 Å². The van der Waals surface area contributed by atoms with Gasteiger partial charge in [0, 0.05) is 50.1 Å². The molecule has 1 unspecified atom stereocenters. The topological polar surface area (TPSA) is 21.3 Å². The molecule has 1 atom stereocenters. The fraction of sp³-hybridized carbons (Fsp3) is 0.0588. The Labute approximate surface area is 313 Å². The molecule has 54 heavy (non-hydrogen) atoms. The monoisotopic (exact) mass is 692 g/mol. The van der Waals surface area contributed by atoms with Crippen LogP contribution in [0.15, 0.2) is 186 Å². The molecule has 10 aromatic rings. The first kappa shape index (κ1) is 30.8. The maximum absolute atomic E-state index is 6.65. The van der Waals surface area contributed by atoms with Crippen molar-refractivity contribution < 1.29 is 4.42 Å². The minimum atomic E-state index is 0.559. The molecule has 0 radical (unpaired) electrons. The molecule has 0 saturated heterocycles. The number of para-hydroxylation sites is 2. The highest BCUT2D eigenvalue weighted by atomic mass is 16.3. The largest absolute Gasteiger partial charge is 0.456 e. The summed E-state index contributed by atoms with van der Waals surface area (Å²) in [5, 5.41) is 9.58. The van der Waals surface area contributed by atoms with Crippen molar-refractivity contribution in [2.75, 3.05) is 4.90 Å². The van der Waals surface area contributed by atoms with Gasteiger partial charge in [0.1, 0.15) is 11.2 Å². The predicted octanol–water partition coefficient (Wildman–Crippen LogP) is 14.4. The molecule has 1 aliphatic carbocycles. The Balaban J connectivity index is 1.17. The van der Waals surface area contributed by atoms with Gasteiger partial charge in [0.2, 0.25) is 0 Å². The fourth-order valence-electron chi connectivity index (χ4n) is 8.71. The van der Waals surface area contributed by atoms with E-state index in [1.807, 2.05) is 0 Å². The van der Waals surface area contributed by atoms with E-state index in [2.05, 4.69) is 198 Å². The summed E-state index contributed by atoms with van der Waals surface area (Å²) in [6.07, 6.45) is 8.07. The average molecular weight is 693 g/mol. The van der Waals surface area contributed by atoms with Crippen molar-refractivity contribution >= 4 is 87.9 Å². The summed E-state index contributed by atoms with van der Waals surface area (Å²) >= 11 is 0. The summed E-state index contributed by atoms with van der Waals surface area (Å²) in [6, 6.07) is 59.3. The molecule has 0 amide bonds. The van der Waals surface area contributed by atoms with Gasteiger partial charge in [-0.15, -0.1) is 0 Å². The third-order valence-electron chi connectivity index (χ3n) is 11.3. The summed E-state index contributed by atoms with van der Waals surface area (Å²) in [5.41, 5.74) is 11.1. The zero-order valence-electron chi connectivity index (χ0n) is 29.9. The van der Waals surface area contributed by atoms with Crippen LogP contribution >= 0.6 is 0 Å². The summed E-state index contributed by atoms with van der Waals surface area (Å²) in [7, 11) is 0. The summed E-state index contributed by atoms with van der Waals surface area (Å²) in [6.45, 7) is 2.28. The molecule has 11 rings (SSSR count). The van der Waals surface area contributed by atoms with Crippen molar-refractivity contribution in [3.63, 3.8) is 0 Å². The summed E-state index contributed by atoms with van der Waals surface area (Å²) in [5.74, 6) is 0.559. The number of fused-ring (bicyclic) bond motifs is 9. The van der Waals surface area contributed by atoms with E-state index in [4.69, 9.17) is 4.42 Å². The van der Waals surface area contributed by atoms with Gasteiger partial charge in [-0.05, 0) is 100 Å². The van der Waals surface area contributed by atoms with Crippen molar-refractivity contribution in [2.24, 2.45) is 5.92 Å². The highest BCUT2D eigenvalue weighted by Crippen LogP contribution is 2.45. The molecule has 3 heteroatoms. The standard InChI is InChI=1S/C51H36N2O/c1-33-19-21-35(22-20-33)39-27-29-47(42-16-8-7-15-41(39)42)52(38-24-26-44-50(32-38)54-49-30-23-34-11-5-6-14-40(34)51(44)49)37-25-28-48-45(31-37)43-17-9-10-18-46(43)53(48)36-12-3-2-4-13-36/h2-19,21-33H,20H2,1H3. The molecule has 1 aliphatic rings. The Morgan fingerprint density at radius 2 is 1.28 bits per heavy atom. The zero-order valence-corrected chi connectivity index (χ0v) is 29.9. The molecule has 0 fully saturated rings. The Morgan fingerprint density at radius 3 is 2.13 bits per heavy atom. The van der Waals surface area contributed by atoms with Gasteiger partial charge in [-0.1, -0.05) is 122 Å². The predicted molar refractivity (Wildman–Crippen MR) is 229 cm³/mol. The van der Waals surface area contributed by atoms with Crippen LogP contribution in [0.3, 0.4) is 0 Å². The van der Waals surface area contributed by atoms with Gasteiger partial charge in [0.15, 0.2) is 0 Å². The fourth-order valence-corrected chi connectivity index (χ4v) is 8.71. The average Bonchev–Trinajstić information content (AvgIpc) is 3.77. The van der Waals surface area contributed by atoms with Crippen LogP contribution in [0, 0.1) is 5.92 Å². The lowest BCUT2D eigenvalue weighted by atomic mass is 9.90. The van der Waals surface area contributed by atoms with Crippen molar-refractivity contribution in [3.8, 4) is 5.69 Å². The molecule has 0 N–H and O–H groups in total. The van der Waals surface area contributed by atoms with Gasteiger partial charge < -0.3 is 13.9 Å². The third kappa shape index (κ3) is 4.75. The van der Waals surface area contributed by atoms with Gasteiger partial charge in [-0.3, -0.25) is 0 Å². The maximum atomic E-state index is 6.65. The SMILES string of the molecule is CC1C=CC(c2ccc(N(c3ccc4c(c3)oc3ccc5ccccc5c34)c3ccc4c(c3)c3ccccc3n4-c3ccccc3)c3ccccc23)=CC1. The van der Waals surface area contributed by atoms with E-state index in [0.29, 0.717) is 5.92 Å². The number of hydrogen-bond donors (Lipinski definition) is 0. The molecule has 2 aromatic heterocycles. The number of hydrogen-bond acceptors (Lipinski definition) is 2. The molecule has 256 valence electrons. The lowest BCUT2D eigenvalue weighted by Crippen LogP contribution is -2.11. The molecule has 8 aromatic carbocycles. The third-order valence-corrected chi connectivity index (χ3v) is 11.3. The molecular formula is C51H36N2O. The van der Waals surface area contributed by atoms with E-state index < -0.39 is 0 Å². The lowest BCUT2D eigenvalue weighted by Gasteiger charge is -2.28. The van der Waals surface area contributed by atoms with E-state index in [9.17, 15) is 0 Å². The first-order valence-corrected chi connectivity index (χ1v) is 18.8. The van der Waals surface area contributed by atoms with Gasteiger partial charge in [0.05, 0.1) is 16.7 Å². The van der Waals surface area contributed by atoms with Crippen LogP contribution in [0.25, 0.3) is 76.5 Å². The first-order chi connectivity index (χ1) is 26.7. The molecule has 2 heterocycles. The Morgan fingerprint density at radius 1 is 0.556 bits per heavy atom. The zero-order chi connectivity index (χ0) is 35.8. The van der Waals surface area contributed by atoms with E-state index in [1.165, 1.54) is 54.5 Å². The Hall–Kier alpha value is -6.84. The van der Waals surface area contributed by atoms with Gasteiger partial charge >= 0.3 is 0 Å². The van der Waals surface area contributed by atoms with Crippen LogP contribution in [-0.2, 0) is 0 Å². The number of rotatable bonds is 5. The smallest absolute Gasteiger partial charge is 0.137 e. The highest BCUT2D eigenvalue weighted by molar-refractivity contribution is 6.19.